The summed E-state index contributed by atoms with van der Waals surface area (Å²) in [5, 5.41) is 12.1. The average Bonchev–Trinajstić information content (AvgIpc) is 2.08. The maximum atomic E-state index is 11.1. The van der Waals surface area contributed by atoms with Crippen LogP contribution >= 0.6 is 0 Å². The van der Waals surface area contributed by atoms with Gasteiger partial charge in [-0.25, -0.2) is 10.2 Å². The Morgan fingerprint density at radius 1 is 1.31 bits per heavy atom. The van der Waals surface area contributed by atoms with Crippen molar-refractivity contribution in [3.8, 4) is 0 Å². The predicted molar refractivity (Wildman–Crippen MR) is 59.3 cm³/mol. The molecule has 0 aliphatic carbocycles. The van der Waals surface area contributed by atoms with Crippen molar-refractivity contribution in [1.29, 1.82) is 0 Å². The minimum atomic E-state index is -0.896. The van der Waals surface area contributed by atoms with E-state index < -0.39 is 17.7 Å². The van der Waals surface area contributed by atoms with Gasteiger partial charge in [0.1, 0.15) is 5.60 Å². The molecule has 2 N–H and O–H groups in total. The molecule has 0 aliphatic heterocycles. The number of hydrogen-bond donors (Lipinski definition) is 2. The lowest BCUT2D eigenvalue weighted by Crippen LogP contribution is -2.30. The fourth-order valence-electron chi connectivity index (χ4n) is 0.786. The van der Waals surface area contributed by atoms with E-state index in [1.54, 1.807) is 27.7 Å². The van der Waals surface area contributed by atoms with Crippen LogP contribution in [0.4, 0.5) is 4.79 Å². The topological polar surface area (TPSA) is 88.0 Å². The van der Waals surface area contributed by atoms with E-state index in [0.29, 0.717) is 12.1 Å². The molecule has 16 heavy (non-hydrogen) atoms. The predicted octanol–water partition coefficient (Wildman–Crippen LogP) is 1.75. The van der Waals surface area contributed by atoms with Crippen molar-refractivity contribution in [2.45, 2.75) is 46.1 Å². The van der Waals surface area contributed by atoms with Gasteiger partial charge in [-0.15, -0.1) is 0 Å². The summed E-state index contributed by atoms with van der Waals surface area (Å²) >= 11 is 0. The van der Waals surface area contributed by atoms with Crippen molar-refractivity contribution >= 4 is 17.8 Å². The molecule has 0 radical (unpaired) electrons. The number of aliphatic carboxylic acids is 1. The highest BCUT2D eigenvalue weighted by Gasteiger charge is 2.15. The third-order valence-corrected chi connectivity index (χ3v) is 1.44. The van der Waals surface area contributed by atoms with Crippen LogP contribution in [-0.4, -0.2) is 28.5 Å². The number of nitrogens with one attached hydrogen (secondary N) is 1. The summed E-state index contributed by atoms with van der Waals surface area (Å²) in [5.41, 5.74) is 2.16. The SMILES string of the molecule is C/C(CCC(=O)O)=N\NC(=O)OC(C)(C)C. The third kappa shape index (κ3) is 8.98. The standard InChI is InChI=1S/C10H18N2O4/c1-7(5-6-8(13)14)11-12-9(15)16-10(2,3)4/h5-6H2,1-4H3,(H,12,15)(H,13,14)/b11-7+. The van der Waals surface area contributed by atoms with Gasteiger partial charge in [-0.1, -0.05) is 0 Å². The normalized spacial score (nSPS) is 12.1. The molecule has 0 aromatic carbocycles. The number of carboxylic acids is 1. The van der Waals surface area contributed by atoms with Crippen LogP contribution in [-0.2, 0) is 9.53 Å². The lowest BCUT2D eigenvalue weighted by molar-refractivity contribution is -0.136. The first-order chi connectivity index (χ1) is 7.20. The summed E-state index contributed by atoms with van der Waals surface area (Å²) in [6.45, 7) is 6.87. The molecule has 92 valence electrons. The van der Waals surface area contributed by atoms with E-state index >= 15 is 0 Å². The highest BCUT2D eigenvalue weighted by molar-refractivity contribution is 5.85. The van der Waals surface area contributed by atoms with E-state index in [0.717, 1.165) is 0 Å². The first-order valence-corrected chi connectivity index (χ1v) is 4.94. The average molecular weight is 230 g/mol. The highest BCUT2D eigenvalue weighted by Crippen LogP contribution is 2.06. The number of nitrogens with zero attached hydrogens (tertiary/aromatic N) is 1. The maximum Gasteiger partial charge on any atom is 0.428 e. The van der Waals surface area contributed by atoms with Gasteiger partial charge in [-0.3, -0.25) is 4.79 Å². The van der Waals surface area contributed by atoms with Crippen LogP contribution in [0.5, 0.6) is 0 Å². The molecule has 0 fully saturated rings. The molecular weight excluding hydrogens is 212 g/mol. The molecule has 0 saturated carbocycles. The van der Waals surface area contributed by atoms with Crippen molar-refractivity contribution < 1.29 is 19.4 Å². The van der Waals surface area contributed by atoms with E-state index in [4.69, 9.17) is 9.84 Å². The zero-order valence-electron chi connectivity index (χ0n) is 10.0. The quantitative estimate of drug-likeness (QED) is 0.569. The van der Waals surface area contributed by atoms with Crippen molar-refractivity contribution in [3.05, 3.63) is 0 Å². The minimum absolute atomic E-state index is 0.00860. The Hall–Kier alpha value is -1.59. The highest BCUT2D eigenvalue weighted by atomic mass is 16.6. The van der Waals surface area contributed by atoms with Gasteiger partial charge in [-0.2, -0.15) is 5.10 Å². The lowest BCUT2D eigenvalue weighted by Gasteiger charge is -2.18. The van der Waals surface area contributed by atoms with Gasteiger partial charge >= 0.3 is 12.1 Å². The van der Waals surface area contributed by atoms with E-state index in [1.807, 2.05) is 0 Å². The van der Waals surface area contributed by atoms with E-state index in [9.17, 15) is 9.59 Å². The second-order valence-electron chi connectivity index (χ2n) is 4.35. The maximum absolute atomic E-state index is 11.1. The number of carbonyl (C=O) groups is 2. The zero-order chi connectivity index (χ0) is 12.8. The van der Waals surface area contributed by atoms with Gasteiger partial charge in [0.05, 0.1) is 6.42 Å². The van der Waals surface area contributed by atoms with Gasteiger partial charge in [0.2, 0.25) is 0 Å². The van der Waals surface area contributed by atoms with E-state index in [-0.39, 0.29) is 6.42 Å². The molecule has 1 amide bonds. The van der Waals surface area contributed by atoms with Crippen molar-refractivity contribution in [2.24, 2.45) is 5.10 Å². The largest absolute Gasteiger partial charge is 0.481 e. The van der Waals surface area contributed by atoms with Crippen LogP contribution in [0.15, 0.2) is 5.10 Å². The van der Waals surface area contributed by atoms with Gasteiger partial charge in [0.25, 0.3) is 0 Å². The van der Waals surface area contributed by atoms with Crippen molar-refractivity contribution in [3.63, 3.8) is 0 Å². The summed E-state index contributed by atoms with van der Waals surface area (Å²) in [7, 11) is 0. The summed E-state index contributed by atoms with van der Waals surface area (Å²) < 4.78 is 4.94. The lowest BCUT2D eigenvalue weighted by atomic mass is 10.2. The number of hydrogen-bond acceptors (Lipinski definition) is 4. The second kappa shape index (κ2) is 6.09. The first-order valence-electron chi connectivity index (χ1n) is 4.94. The number of rotatable bonds is 4. The molecule has 0 spiro atoms. The molecule has 0 heterocycles. The monoisotopic (exact) mass is 230 g/mol. The van der Waals surface area contributed by atoms with Gasteiger partial charge in [0.15, 0.2) is 0 Å². The van der Waals surface area contributed by atoms with E-state index in [2.05, 4.69) is 10.5 Å². The molecule has 0 aliphatic rings. The fourth-order valence-corrected chi connectivity index (χ4v) is 0.786. The van der Waals surface area contributed by atoms with Gasteiger partial charge in [-0.05, 0) is 34.1 Å². The molecule has 0 rings (SSSR count). The zero-order valence-corrected chi connectivity index (χ0v) is 10.0. The molecule has 6 heteroatoms. The third-order valence-electron chi connectivity index (χ3n) is 1.44. The van der Waals surface area contributed by atoms with Crippen LogP contribution < -0.4 is 5.43 Å². The van der Waals surface area contributed by atoms with Crippen LogP contribution in [0, 0.1) is 0 Å². The van der Waals surface area contributed by atoms with Crippen molar-refractivity contribution in [2.75, 3.05) is 0 Å². The summed E-state index contributed by atoms with van der Waals surface area (Å²) in [4.78, 5) is 21.4. The molecule has 0 aromatic heterocycles. The summed E-state index contributed by atoms with van der Waals surface area (Å²) in [6, 6.07) is 0. The smallest absolute Gasteiger partial charge is 0.428 e. The number of carboxylic acid groups (broad SMARTS) is 1. The fraction of sp³-hybridized carbons (Fsp3) is 0.700. The Kier molecular flexibility index (Phi) is 5.49. The number of ether oxygens (including phenoxy) is 1. The Morgan fingerprint density at radius 3 is 2.31 bits per heavy atom. The van der Waals surface area contributed by atoms with Crippen molar-refractivity contribution in [1.82, 2.24) is 5.43 Å². The first kappa shape index (κ1) is 14.4. The van der Waals surface area contributed by atoms with Crippen LogP contribution in [0.1, 0.15) is 40.5 Å². The second-order valence-corrected chi connectivity index (χ2v) is 4.35. The molecule has 0 saturated heterocycles. The van der Waals surface area contributed by atoms with Gasteiger partial charge < -0.3 is 9.84 Å². The molecule has 0 aromatic rings. The van der Waals surface area contributed by atoms with E-state index in [1.165, 1.54) is 0 Å². The molecule has 6 nitrogen and oxygen atoms in total. The molecule has 0 atom stereocenters. The molecule has 0 bridgehead atoms. The number of hydrazone groups is 1. The van der Waals surface area contributed by atoms with Crippen LogP contribution in [0.2, 0.25) is 0 Å². The Bertz CT molecular complexity index is 292. The summed E-state index contributed by atoms with van der Waals surface area (Å²) in [5.74, 6) is -0.896. The van der Waals surface area contributed by atoms with Crippen LogP contribution in [0.3, 0.4) is 0 Å². The van der Waals surface area contributed by atoms with Gasteiger partial charge in [0, 0.05) is 5.71 Å². The number of carbonyl (C=O) groups excluding carboxylic acids is 1. The Balaban J connectivity index is 3.97. The molecular formula is C10H18N2O4. The Morgan fingerprint density at radius 2 is 1.88 bits per heavy atom. The molecule has 0 unspecified atom stereocenters. The van der Waals surface area contributed by atoms with Crippen LogP contribution in [0.25, 0.3) is 0 Å². The minimum Gasteiger partial charge on any atom is -0.481 e. The number of amides is 1. The summed E-state index contributed by atoms with van der Waals surface area (Å²) in [6.07, 6.45) is -0.363. The Labute approximate surface area is 94.7 Å².